The molecule has 0 spiro atoms. The van der Waals surface area contributed by atoms with E-state index in [1.165, 1.54) is 30.0 Å². The van der Waals surface area contributed by atoms with Gasteiger partial charge in [-0.15, -0.1) is 11.3 Å². The normalized spacial score (nSPS) is 10.3. The van der Waals surface area contributed by atoms with Crippen molar-refractivity contribution in [3.8, 4) is 5.88 Å². The number of ketones is 1. The average Bonchev–Trinajstić information content (AvgIpc) is 2.84. The summed E-state index contributed by atoms with van der Waals surface area (Å²) in [5.74, 6) is 0.519. The summed E-state index contributed by atoms with van der Waals surface area (Å²) in [5, 5.41) is 1.91. The number of aromatic nitrogens is 1. The molecular weight excluding hydrogens is 345 g/mol. The van der Waals surface area contributed by atoms with E-state index < -0.39 is 0 Å². The van der Waals surface area contributed by atoms with Crippen LogP contribution >= 0.6 is 45.5 Å². The Labute approximate surface area is 108 Å². The molecule has 0 aromatic carbocycles. The molecule has 2 aromatic heterocycles. The summed E-state index contributed by atoms with van der Waals surface area (Å²) >= 11 is 4.77. The van der Waals surface area contributed by atoms with Gasteiger partial charge < -0.3 is 4.74 Å². The number of ether oxygens (including phenoxy) is 1. The van der Waals surface area contributed by atoms with Gasteiger partial charge in [0.15, 0.2) is 0 Å². The number of nitrogens with zero attached hydrogens (tertiary/aromatic N) is 1. The molecule has 0 radical (unpaired) electrons. The summed E-state index contributed by atoms with van der Waals surface area (Å²) in [6.45, 7) is 0. The Morgan fingerprint density at radius 1 is 1.60 bits per heavy atom. The van der Waals surface area contributed by atoms with Crippen molar-refractivity contribution in [2.24, 2.45) is 0 Å². The SMILES string of the molecule is COc1cc(C(=O)c2sccc2I)sn1. The molecule has 2 heterocycles. The topological polar surface area (TPSA) is 39.2 Å². The molecule has 6 heteroatoms. The Morgan fingerprint density at radius 3 is 2.93 bits per heavy atom. The molecule has 15 heavy (non-hydrogen) atoms. The smallest absolute Gasteiger partial charge is 0.225 e. The van der Waals surface area contributed by atoms with Crippen molar-refractivity contribution < 1.29 is 9.53 Å². The summed E-state index contributed by atoms with van der Waals surface area (Å²) in [7, 11) is 1.54. The minimum atomic E-state index is 0.0233. The minimum absolute atomic E-state index is 0.0233. The summed E-state index contributed by atoms with van der Waals surface area (Å²) in [5.41, 5.74) is 0. The number of thiophene rings is 1. The number of carbonyl (C=O) groups is 1. The summed E-state index contributed by atoms with van der Waals surface area (Å²) in [6, 6.07) is 3.60. The van der Waals surface area contributed by atoms with E-state index >= 15 is 0 Å². The Balaban J connectivity index is 2.32. The van der Waals surface area contributed by atoms with Gasteiger partial charge in [0.25, 0.3) is 0 Å². The number of carbonyl (C=O) groups excluding carboxylic acids is 1. The van der Waals surface area contributed by atoms with Crippen LogP contribution in [0.15, 0.2) is 17.5 Å². The highest BCUT2D eigenvalue weighted by atomic mass is 127. The lowest BCUT2D eigenvalue weighted by Gasteiger charge is -1.92. The molecule has 0 amide bonds. The highest BCUT2D eigenvalue weighted by Crippen LogP contribution is 2.25. The van der Waals surface area contributed by atoms with Crippen LogP contribution in [0.3, 0.4) is 0 Å². The third-order valence-corrected chi connectivity index (χ3v) is 4.69. The summed E-state index contributed by atoms with van der Waals surface area (Å²) < 4.78 is 9.92. The molecule has 2 aromatic rings. The minimum Gasteiger partial charge on any atom is -0.480 e. The fraction of sp³-hybridized carbons (Fsp3) is 0.111. The molecule has 0 aliphatic carbocycles. The zero-order chi connectivity index (χ0) is 10.8. The summed E-state index contributed by atoms with van der Waals surface area (Å²) in [6.07, 6.45) is 0. The molecule has 0 aliphatic rings. The number of rotatable bonds is 3. The number of hydrogen-bond acceptors (Lipinski definition) is 5. The molecule has 3 nitrogen and oxygen atoms in total. The van der Waals surface area contributed by atoms with Crippen molar-refractivity contribution >= 4 is 51.2 Å². The fourth-order valence-corrected chi connectivity index (χ4v) is 3.54. The summed E-state index contributed by atoms with van der Waals surface area (Å²) in [4.78, 5) is 13.4. The van der Waals surface area contributed by atoms with Crippen molar-refractivity contribution in [3.05, 3.63) is 30.8 Å². The van der Waals surface area contributed by atoms with Gasteiger partial charge in [-0.1, -0.05) is 0 Å². The molecule has 0 atom stereocenters. The van der Waals surface area contributed by atoms with Crippen LogP contribution < -0.4 is 4.74 Å². The van der Waals surface area contributed by atoms with Crippen molar-refractivity contribution in [3.63, 3.8) is 0 Å². The third-order valence-electron chi connectivity index (χ3n) is 1.74. The van der Waals surface area contributed by atoms with E-state index in [-0.39, 0.29) is 5.78 Å². The van der Waals surface area contributed by atoms with Gasteiger partial charge in [0.05, 0.1) is 12.0 Å². The van der Waals surface area contributed by atoms with Gasteiger partial charge in [-0.3, -0.25) is 4.79 Å². The van der Waals surface area contributed by atoms with Crippen LogP contribution in [0.25, 0.3) is 0 Å². The number of methoxy groups -OCH3 is 1. The lowest BCUT2D eigenvalue weighted by Crippen LogP contribution is -1.96. The van der Waals surface area contributed by atoms with Crippen LogP contribution in [0.2, 0.25) is 0 Å². The zero-order valence-corrected chi connectivity index (χ0v) is 11.5. The maximum absolute atomic E-state index is 12.0. The van der Waals surface area contributed by atoms with E-state index in [2.05, 4.69) is 27.0 Å². The van der Waals surface area contributed by atoms with Gasteiger partial charge in [0.1, 0.15) is 4.88 Å². The van der Waals surface area contributed by atoms with Gasteiger partial charge in [-0.2, -0.15) is 4.37 Å². The van der Waals surface area contributed by atoms with E-state index in [4.69, 9.17) is 4.74 Å². The van der Waals surface area contributed by atoms with Crippen molar-refractivity contribution in [1.29, 1.82) is 0 Å². The lowest BCUT2D eigenvalue weighted by atomic mass is 10.3. The van der Waals surface area contributed by atoms with Gasteiger partial charge >= 0.3 is 0 Å². The van der Waals surface area contributed by atoms with Crippen LogP contribution in [0.5, 0.6) is 5.88 Å². The Morgan fingerprint density at radius 2 is 2.40 bits per heavy atom. The Hall–Kier alpha value is -0.470. The highest BCUT2D eigenvalue weighted by molar-refractivity contribution is 14.1. The number of halogens is 1. The first-order valence-corrected chi connectivity index (χ1v) is 6.74. The lowest BCUT2D eigenvalue weighted by molar-refractivity contribution is 0.104. The van der Waals surface area contributed by atoms with Crippen LogP contribution in [0, 0.1) is 3.57 Å². The molecule has 0 aliphatic heterocycles. The molecule has 0 saturated carbocycles. The second-order valence-electron chi connectivity index (χ2n) is 2.66. The first kappa shape index (κ1) is 11.0. The molecule has 0 unspecified atom stereocenters. The van der Waals surface area contributed by atoms with Gasteiger partial charge in [0.2, 0.25) is 11.7 Å². The second kappa shape index (κ2) is 4.58. The predicted octanol–water partition coefficient (Wildman–Crippen LogP) is 3.05. The highest BCUT2D eigenvalue weighted by Gasteiger charge is 2.17. The van der Waals surface area contributed by atoms with E-state index in [0.29, 0.717) is 10.8 Å². The van der Waals surface area contributed by atoms with Crippen molar-refractivity contribution in [2.75, 3.05) is 7.11 Å². The van der Waals surface area contributed by atoms with E-state index in [1.54, 1.807) is 6.07 Å². The fourth-order valence-electron chi connectivity index (χ4n) is 1.03. The first-order chi connectivity index (χ1) is 7.22. The molecule has 78 valence electrons. The van der Waals surface area contributed by atoms with Crippen LogP contribution in [0.1, 0.15) is 14.5 Å². The van der Waals surface area contributed by atoms with E-state index in [1.807, 2.05) is 11.4 Å². The standard InChI is InChI=1S/C9H6INO2S2/c1-13-7-4-6(15-11-7)8(12)9-5(10)2-3-14-9/h2-4H,1H3. The zero-order valence-electron chi connectivity index (χ0n) is 7.69. The monoisotopic (exact) mass is 351 g/mol. The Kier molecular flexibility index (Phi) is 3.37. The van der Waals surface area contributed by atoms with Crippen LogP contribution in [0.4, 0.5) is 0 Å². The molecule has 0 bridgehead atoms. The van der Waals surface area contributed by atoms with E-state index in [0.717, 1.165) is 8.45 Å². The van der Waals surface area contributed by atoms with Crippen molar-refractivity contribution in [2.45, 2.75) is 0 Å². The molecule has 2 rings (SSSR count). The van der Waals surface area contributed by atoms with Gasteiger partial charge in [-0.05, 0) is 45.6 Å². The van der Waals surface area contributed by atoms with E-state index in [9.17, 15) is 4.79 Å². The third kappa shape index (κ3) is 2.21. The molecule has 0 fully saturated rings. The molecular formula is C9H6INO2S2. The first-order valence-electron chi connectivity index (χ1n) is 4.00. The number of hydrogen-bond donors (Lipinski definition) is 0. The second-order valence-corrected chi connectivity index (χ2v) is 5.54. The van der Waals surface area contributed by atoms with Crippen molar-refractivity contribution in [1.82, 2.24) is 4.37 Å². The predicted molar refractivity (Wildman–Crippen MR) is 69.1 cm³/mol. The maximum atomic E-state index is 12.0. The van der Waals surface area contributed by atoms with Crippen LogP contribution in [-0.2, 0) is 0 Å². The molecule has 0 N–H and O–H groups in total. The largest absolute Gasteiger partial charge is 0.480 e. The average molecular weight is 351 g/mol. The maximum Gasteiger partial charge on any atom is 0.225 e. The Bertz CT molecular complexity index is 492. The van der Waals surface area contributed by atoms with Gasteiger partial charge in [-0.25, -0.2) is 0 Å². The van der Waals surface area contributed by atoms with Crippen LogP contribution in [-0.4, -0.2) is 17.3 Å². The van der Waals surface area contributed by atoms with Gasteiger partial charge in [0, 0.05) is 9.64 Å². The quantitative estimate of drug-likeness (QED) is 0.630. The molecule has 0 saturated heterocycles.